The third kappa shape index (κ3) is 5.94. The smallest absolute Gasteiger partial charge is 0.248 e. The van der Waals surface area contributed by atoms with E-state index in [2.05, 4.69) is 15.2 Å². The molecule has 32 heavy (non-hydrogen) atoms. The van der Waals surface area contributed by atoms with E-state index in [4.69, 9.17) is 28.9 Å². The molecule has 0 bridgehead atoms. The molecule has 4 rings (SSSR count). The molecule has 0 atom stereocenters. The molecule has 3 aromatic rings. The number of nitrogens with one attached hydrogen (secondary N) is 1. The second kappa shape index (κ2) is 10.4. The fourth-order valence-electron chi connectivity index (χ4n) is 3.65. The van der Waals surface area contributed by atoms with Crippen LogP contribution in [0.2, 0.25) is 10.0 Å². The highest BCUT2D eigenvalue weighted by Crippen LogP contribution is 2.30. The topological polar surface area (TPSA) is 88.3 Å². The number of hydrogen-bond donors (Lipinski definition) is 2. The van der Waals surface area contributed by atoms with Gasteiger partial charge in [-0.1, -0.05) is 41.0 Å². The van der Waals surface area contributed by atoms with Gasteiger partial charge in [0.15, 0.2) is 4.34 Å². The molecule has 0 spiro atoms. The average molecular weight is 509 g/mol. The van der Waals surface area contributed by atoms with Crippen LogP contribution >= 0.6 is 46.3 Å². The fraction of sp³-hybridized carbons (Fsp3) is 0.318. The summed E-state index contributed by atoms with van der Waals surface area (Å²) in [5.74, 6) is -0.140. The van der Waals surface area contributed by atoms with Crippen LogP contribution in [0.4, 0.5) is 0 Å². The van der Waals surface area contributed by atoms with Crippen LogP contribution in [0.1, 0.15) is 28.8 Å². The highest BCUT2D eigenvalue weighted by molar-refractivity contribution is 8.01. The standard InChI is InChI=1S/C22H22Cl2N4O2S2/c23-16-3-1-13(9-17(16)24)11-28-7-5-15(6-8-28)26-20(29)12-31-22-27-18-4-2-14(21(25)30)10-19(18)32-22/h1-4,9-10,15H,5-8,11-12H2,(H2,25,30)(H,26,29). The van der Waals surface area contributed by atoms with Gasteiger partial charge in [0.05, 0.1) is 26.0 Å². The normalized spacial score (nSPS) is 15.2. The van der Waals surface area contributed by atoms with Crippen LogP contribution in [-0.4, -0.2) is 46.6 Å². The van der Waals surface area contributed by atoms with Crippen molar-refractivity contribution in [2.24, 2.45) is 5.73 Å². The molecule has 2 amide bonds. The number of likely N-dealkylation sites (tertiary alicyclic amines) is 1. The molecule has 168 valence electrons. The Morgan fingerprint density at radius 3 is 2.66 bits per heavy atom. The summed E-state index contributed by atoms with van der Waals surface area (Å²) >= 11 is 15.0. The predicted molar refractivity (Wildman–Crippen MR) is 132 cm³/mol. The molecule has 1 aliphatic heterocycles. The number of thiazole rings is 1. The zero-order valence-electron chi connectivity index (χ0n) is 17.1. The van der Waals surface area contributed by atoms with E-state index in [1.54, 1.807) is 18.2 Å². The Morgan fingerprint density at radius 2 is 1.94 bits per heavy atom. The van der Waals surface area contributed by atoms with Crippen molar-refractivity contribution in [3.8, 4) is 0 Å². The van der Waals surface area contributed by atoms with E-state index in [0.717, 1.165) is 52.6 Å². The van der Waals surface area contributed by atoms with Crippen molar-refractivity contribution in [2.45, 2.75) is 29.8 Å². The number of hydrogen-bond acceptors (Lipinski definition) is 6. The van der Waals surface area contributed by atoms with E-state index in [1.807, 2.05) is 18.2 Å². The number of halogens is 2. The monoisotopic (exact) mass is 508 g/mol. The van der Waals surface area contributed by atoms with Crippen LogP contribution in [0.25, 0.3) is 10.2 Å². The minimum absolute atomic E-state index is 0.00927. The second-order valence-electron chi connectivity index (χ2n) is 7.68. The lowest BCUT2D eigenvalue weighted by Crippen LogP contribution is -2.44. The van der Waals surface area contributed by atoms with E-state index < -0.39 is 5.91 Å². The molecule has 0 aliphatic carbocycles. The van der Waals surface area contributed by atoms with E-state index in [-0.39, 0.29) is 11.9 Å². The third-order valence-electron chi connectivity index (χ3n) is 5.32. The quantitative estimate of drug-likeness (QED) is 0.456. The van der Waals surface area contributed by atoms with Gasteiger partial charge in [0.2, 0.25) is 11.8 Å². The lowest BCUT2D eigenvalue weighted by atomic mass is 10.0. The van der Waals surface area contributed by atoms with E-state index in [9.17, 15) is 9.59 Å². The Balaban J connectivity index is 1.22. The molecule has 1 aromatic heterocycles. The number of nitrogens with two attached hydrogens (primary N) is 1. The van der Waals surface area contributed by atoms with Gasteiger partial charge in [-0.3, -0.25) is 14.5 Å². The van der Waals surface area contributed by atoms with Crippen LogP contribution in [0.3, 0.4) is 0 Å². The lowest BCUT2D eigenvalue weighted by molar-refractivity contribution is -0.119. The van der Waals surface area contributed by atoms with Crippen LogP contribution in [0.5, 0.6) is 0 Å². The Kier molecular flexibility index (Phi) is 7.58. The molecule has 0 radical (unpaired) electrons. The number of carbonyl (C=O) groups is 2. The van der Waals surface area contributed by atoms with Crippen molar-refractivity contribution >= 4 is 68.3 Å². The summed E-state index contributed by atoms with van der Waals surface area (Å²) < 4.78 is 1.69. The van der Waals surface area contributed by atoms with Gasteiger partial charge >= 0.3 is 0 Å². The van der Waals surface area contributed by atoms with Crippen molar-refractivity contribution in [3.05, 3.63) is 57.6 Å². The minimum atomic E-state index is -0.461. The van der Waals surface area contributed by atoms with Gasteiger partial charge < -0.3 is 11.1 Å². The summed E-state index contributed by atoms with van der Waals surface area (Å²) in [5, 5.41) is 4.28. The minimum Gasteiger partial charge on any atom is -0.366 e. The predicted octanol–water partition coefficient (Wildman–Crippen LogP) is 4.57. The van der Waals surface area contributed by atoms with Crippen molar-refractivity contribution in [1.29, 1.82) is 0 Å². The van der Waals surface area contributed by atoms with Crippen LogP contribution < -0.4 is 11.1 Å². The molecule has 1 aliphatic rings. The molecule has 2 aromatic carbocycles. The summed E-state index contributed by atoms with van der Waals surface area (Å²) in [6.45, 7) is 2.65. The maximum atomic E-state index is 12.4. The number of rotatable bonds is 7. The first kappa shape index (κ1) is 23.3. The first-order valence-electron chi connectivity index (χ1n) is 10.2. The highest BCUT2D eigenvalue weighted by Gasteiger charge is 2.21. The van der Waals surface area contributed by atoms with Gasteiger partial charge in [-0.2, -0.15) is 0 Å². The van der Waals surface area contributed by atoms with Crippen molar-refractivity contribution in [3.63, 3.8) is 0 Å². The maximum Gasteiger partial charge on any atom is 0.248 e. The van der Waals surface area contributed by atoms with E-state index in [1.165, 1.54) is 23.1 Å². The Hall–Kier alpha value is -1.84. The molecule has 0 saturated carbocycles. The van der Waals surface area contributed by atoms with Gasteiger partial charge in [-0.25, -0.2) is 4.98 Å². The zero-order valence-corrected chi connectivity index (χ0v) is 20.3. The summed E-state index contributed by atoms with van der Waals surface area (Å²) in [4.78, 5) is 30.6. The largest absolute Gasteiger partial charge is 0.366 e. The Labute approximate surface area is 204 Å². The first-order valence-corrected chi connectivity index (χ1v) is 12.7. The average Bonchev–Trinajstić information content (AvgIpc) is 3.18. The van der Waals surface area contributed by atoms with Crippen LogP contribution in [0.15, 0.2) is 40.7 Å². The van der Waals surface area contributed by atoms with Gasteiger partial charge in [-0.15, -0.1) is 11.3 Å². The number of amides is 2. The van der Waals surface area contributed by atoms with E-state index in [0.29, 0.717) is 21.4 Å². The Morgan fingerprint density at radius 1 is 1.16 bits per heavy atom. The summed E-state index contributed by atoms with van der Waals surface area (Å²) in [7, 11) is 0. The van der Waals surface area contributed by atoms with Crippen LogP contribution in [0, 0.1) is 0 Å². The van der Waals surface area contributed by atoms with Gasteiger partial charge in [0, 0.05) is 31.2 Å². The third-order valence-corrected chi connectivity index (χ3v) is 8.22. The molecule has 1 fully saturated rings. The number of piperidine rings is 1. The van der Waals surface area contributed by atoms with Crippen LogP contribution in [-0.2, 0) is 11.3 Å². The first-order chi connectivity index (χ1) is 15.4. The highest BCUT2D eigenvalue weighted by atomic mass is 35.5. The van der Waals surface area contributed by atoms with Crippen molar-refractivity contribution in [2.75, 3.05) is 18.8 Å². The summed E-state index contributed by atoms with van der Waals surface area (Å²) in [6, 6.07) is 11.1. The zero-order chi connectivity index (χ0) is 22.7. The number of aromatic nitrogens is 1. The molecular formula is C22H22Cl2N4O2S2. The summed E-state index contributed by atoms with van der Waals surface area (Å²) in [5.41, 5.74) is 7.73. The molecule has 10 heteroatoms. The maximum absolute atomic E-state index is 12.4. The summed E-state index contributed by atoms with van der Waals surface area (Å²) in [6.07, 6.45) is 1.82. The fourth-order valence-corrected chi connectivity index (χ4v) is 5.89. The van der Waals surface area contributed by atoms with Crippen molar-refractivity contribution in [1.82, 2.24) is 15.2 Å². The number of thioether (sulfide) groups is 1. The molecule has 3 N–H and O–H groups in total. The van der Waals surface area contributed by atoms with Gasteiger partial charge in [-0.05, 0) is 48.7 Å². The molecule has 1 saturated heterocycles. The second-order valence-corrected chi connectivity index (χ2v) is 10.7. The number of nitrogens with zero attached hydrogens (tertiary/aromatic N) is 2. The number of benzene rings is 2. The molecule has 2 heterocycles. The molecular weight excluding hydrogens is 487 g/mol. The number of carbonyl (C=O) groups excluding carboxylic acids is 2. The Bertz CT molecular complexity index is 1150. The number of primary amides is 1. The van der Waals surface area contributed by atoms with Gasteiger partial charge in [0.25, 0.3) is 0 Å². The lowest BCUT2D eigenvalue weighted by Gasteiger charge is -2.32. The SMILES string of the molecule is NC(=O)c1ccc2nc(SCC(=O)NC3CCN(Cc4ccc(Cl)c(Cl)c4)CC3)sc2c1. The number of fused-ring (bicyclic) bond motifs is 1. The molecule has 6 nitrogen and oxygen atoms in total. The van der Waals surface area contributed by atoms with Crippen molar-refractivity contribution < 1.29 is 9.59 Å². The van der Waals surface area contributed by atoms with Gasteiger partial charge in [0.1, 0.15) is 0 Å². The van der Waals surface area contributed by atoms with E-state index >= 15 is 0 Å². The molecule has 0 unspecified atom stereocenters.